The molecule has 0 radical (unpaired) electrons. The minimum atomic E-state index is -0.264. The van der Waals surface area contributed by atoms with E-state index in [1.165, 1.54) is 43.7 Å². The van der Waals surface area contributed by atoms with Crippen molar-refractivity contribution in [3.63, 3.8) is 0 Å². The van der Waals surface area contributed by atoms with Crippen molar-refractivity contribution >= 4 is 55.3 Å². The van der Waals surface area contributed by atoms with Gasteiger partial charge in [-0.1, -0.05) is 121 Å². The van der Waals surface area contributed by atoms with Gasteiger partial charge in [-0.15, -0.1) is 0 Å². The second-order valence-corrected chi connectivity index (χ2v) is 13.0. The van der Waals surface area contributed by atoms with E-state index >= 15 is 0 Å². The lowest BCUT2D eigenvalue weighted by Crippen LogP contribution is -2.12. The largest absolute Gasteiger partial charge is 0.464 e. The topological polar surface area (TPSA) is 29.4 Å². The molecule has 0 aliphatic carbocycles. The molecular weight excluding hydrogens is 623 g/mol. The number of rotatable bonds is 6. The van der Waals surface area contributed by atoms with Gasteiger partial charge in [-0.05, 0) is 83.2 Å². The lowest BCUT2D eigenvalue weighted by molar-refractivity contribution is 0.260. The van der Waals surface area contributed by atoms with Crippen molar-refractivity contribution in [2.24, 2.45) is 0 Å². The molecule has 4 nitrogen and oxygen atoms in total. The summed E-state index contributed by atoms with van der Waals surface area (Å²) in [5.41, 5.74) is 11.2. The predicted octanol–water partition coefficient (Wildman–Crippen LogP) is 12.6. The summed E-state index contributed by atoms with van der Waals surface area (Å²) in [6.45, 7) is 0. The third-order valence-corrected chi connectivity index (χ3v) is 10.0. The quantitative estimate of drug-likeness (QED) is 0.193. The fraction of sp³-hybridized carbons (Fsp3) is 0.0213. The summed E-state index contributed by atoms with van der Waals surface area (Å²) in [7, 11) is 0. The first-order chi connectivity index (χ1) is 25.3. The van der Waals surface area contributed by atoms with Crippen LogP contribution in [0.4, 0.5) is 22.7 Å². The molecule has 0 spiro atoms. The fourth-order valence-corrected chi connectivity index (χ4v) is 7.59. The molecule has 1 aliphatic heterocycles. The molecule has 9 aromatic rings. The van der Waals surface area contributed by atoms with Gasteiger partial charge in [0.25, 0.3) is 0 Å². The van der Waals surface area contributed by atoms with Crippen LogP contribution >= 0.6 is 0 Å². The SMILES string of the molecule is c1ccc(-c2cccc(N(c3ccc(C4Nc5c(ccc6ccccc56)O4)cc3)c3ccc(-n4c5ccccc5c5ccccc54)cc3)c2)cc1. The predicted molar refractivity (Wildman–Crippen MR) is 212 cm³/mol. The molecule has 242 valence electrons. The number of aromatic nitrogens is 1. The van der Waals surface area contributed by atoms with E-state index in [-0.39, 0.29) is 6.23 Å². The molecule has 1 aliphatic rings. The van der Waals surface area contributed by atoms with Crippen LogP contribution in [0.15, 0.2) is 188 Å². The van der Waals surface area contributed by atoms with Gasteiger partial charge in [0.1, 0.15) is 5.75 Å². The van der Waals surface area contributed by atoms with Crippen LogP contribution in [0.5, 0.6) is 5.75 Å². The summed E-state index contributed by atoms with van der Waals surface area (Å²) in [4.78, 5) is 2.33. The molecule has 4 heteroatoms. The van der Waals surface area contributed by atoms with Crippen molar-refractivity contribution in [1.82, 2.24) is 4.57 Å². The monoisotopic (exact) mass is 655 g/mol. The first-order valence-corrected chi connectivity index (χ1v) is 17.4. The fourth-order valence-electron chi connectivity index (χ4n) is 7.59. The third-order valence-electron chi connectivity index (χ3n) is 10.0. The molecule has 0 fully saturated rings. The van der Waals surface area contributed by atoms with Crippen molar-refractivity contribution in [2.45, 2.75) is 6.23 Å². The molecule has 0 bridgehead atoms. The van der Waals surface area contributed by atoms with Crippen molar-refractivity contribution in [3.8, 4) is 22.6 Å². The highest BCUT2D eigenvalue weighted by Gasteiger charge is 2.25. The lowest BCUT2D eigenvalue weighted by Gasteiger charge is -2.27. The molecule has 1 unspecified atom stereocenters. The molecule has 0 saturated carbocycles. The van der Waals surface area contributed by atoms with E-state index in [1.54, 1.807) is 0 Å². The van der Waals surface area contributed by atoms with Crippen LogP contribution in [0, 0.1) is 0 Å². The van der Waals surface area contributed by atoms with E-state index in [1.807, 2.05) is 0 Å². The number of anilines is 4. The number of para-hydroxylation sites is 2. The maximum absolute atomic E-state index is 6.42. The van der Waals surface area contributed by atoms with Crippen molar-refractivity contribution in [3.05, 3.63) is 194 Å². The Balaban J connectivity index is 1.04. The summed E-state index contributed by atoms with van der Waals surface area (Å²) in [6.07, 6.45) is -0.264. The van der Waals surface area contributed by atoms with Gasteiger partial charge in [0.15, 0.2) is 6.23 Å². The van der Waals surface area contributed by atoms with Crippen LogP contribution in [-0.2, 0) is 0 Å². The van der Waals surface area contributed by atoms with Gasteiger partial charge < -0.3 is 19.5 Å². The summed E-state index contributed by atoms with van der Waals surface area (Å²) in [5.74, 6) is 0.880. The van der Waals surface area contributed by atoms with Gasteiger partial charge in [0.2, 0.25) is 0 Å². The van der Waals surface area contributed by atoms with Crippen LogP contribution in [0.2, 0.25) is 0 Å². The van der Waals surface area contributed by atoms with E-state index in [4.69, 9.17) is 4.74 Å². The van der Waals surface area contributed by atoms with Gasteiger partial charge in [0.05, 0.1) is 16.7 Å². The van der Waals surface area contributed by atoms with E-state index in [9.17, 15) is 0 Å². The maximum Gasteiger partial charge on any atom is 0.196 e. The van der Waals surface area contributed by atoms with Crippen LogP contribution < -0.4 is 15.0 Å². The normalized spacial score (nSPS) is 13.6. The Labute approximate surface area is 296 Å². The molecule has 8 aromatic carbocycles. The van der Waals surface area contributed by atoms with Crippen molar-refractivity contribution in [2.75, 3.05) is 10.2 Å². The Hall–Kier alpha value is -6.78. The van der Waals surface area contributed by atoms with Crippen LogP contribution in [0.1, 0.15) is 11.8 Å². The molecule has 0 amide bonds. The zero-order valence-corrected chi connectivity index (χ0v) is 27.8. The molecule has 2 heterocycles. The Kier molecular flexibility index (Phi) is 6.85. The number of fused-ring (bicyclic) bond motifs is 6. The highest BCUT2D eigenvalue weighted by Crippen LogP contribution is 2.44. The Morgan fingerprint density at radius 1 is 0.471 bits per heavy atom. The molecule has 10 rings (SSSR count). The summed E-state index contributed by atoms with van der Waals surface area (Å²) < 4.78 is 8.78. The number of nitrogens with one attached hydrogen (secondary N) is 1. The second kappa shape index (κ2) is 12.0. The van der Waals surface area contributed by atoms with Gasteiger partial charge >= 0.3 is 0 Å². The Morgan fingerprint density at radius 2 is 1.08 bits per heavy atom. The first kappa shape index (κ1) is 29.2. The molecule has 51 heavy (non-hydrogen) atoms. The van der Waals surface area contributed by atoms with Crippen LogP contribution in [0.25, 0.3) is 49.4 Å². The third kappa shape index (κ3) is 5.00. The Bertz CT molecular complexity index is 2640. The maximum atomic E-state index is 6.42. The molecule has 1 N–H and O–H groups in total. The number of hydrogen-bond donors (Lipinski definition) is 1. The van der Waals surface area contributed by atoms with Gasteiger partial charge in [0, 0.05) is 44.5 Å². The van der Waals surface area contributed by atoms with Crippen LogP contribution in [-0.4, -0.2) is 4.57 Å². The number of ether oxygens (including phenoxy) is 1. The molecular formula is C47H33N3O. The molecule has 1 atom stereocenters. The van der Waals surface area contributed by atoms with Crippen molar-refractivity contribution < 1.29 is 4.74 Å². The van der Waals surface area contributed by atoms with E-state index in [0.717, 1.165) is 39.7 Å². The summed E-state index contributed by atoms with van der Waals surface area (Å²) in [6, 6.07) is 66.9. The van der Waals surface area contributed by atoms with E-state index in [0.29, 0.717) is 0 Å². The van der Waals surface area contributed by atoms with E-state index in [2.05, 4.69) is 203 Å². The molecule has 1 aromatic heterocycles. The van der Waals surface area contributed by atoms with Gasteiger partial charge in [-0.2, -0.15) is 0 Å². The highest BCUT2D eigenvalue weighted by molar-refractivity contribution is 6.09. The summed E-state index contributed by atoms with van der Waals surface area (Å²) >= 11 is 0. The minimum absolute atomic E-state index is 0.264. The minimum Gasteiger partial charge on any atom is -0.464 e. The number of benzene rings is 8. The van der Waals surface area contributed by atoms with Crippen LogP contribution in [0.3, 0.4) is 0 Å². The smallest absolute Gasteiger partial charge is 0.196 e. The average Bonchev–Trinajstić information content (AvgIpc) is 3.79. The Morgan fingerprint density at radius 3 is 1.80 bits per heavy atom. The lowest BCUT2D eigenvalue weighted by atomic mass is 10.0. The zero-order chi connectivity index (χ0) is 33.7. The van der Waals surface area contributed by atoms with Gasteiger partial charge in [-0.3, -0.25) is 0 Å². The number of hydrogen-bond acceptors (Lipinski definition) is 3. The van der Waals surface area contributed by atoms with E-state index < -0.39 is 0 Å². The zero-order valence-electron chi connectivity index (χ0n) is 27.8. The standard InChI is InChI=1S/C47H33N3O/c1-2-11-32(12-3-1)35-14-10-15-39(31-35)49(36-24-21-34(22-25-36)47-48-46-40-16-5-4-13-33(40)23-30-45(46)51-47)37-26-28-38(29-27-37)50-43-19-8-6-17-41(43)42-18-7-9-20-44(42)50/h1-31,47-48H. The van der Waals surface area contributed by atoms with Crippen molar-refractivity contribution in [1.29, 1.82) is 0 Å². The average molecular weight is 656 g/mol. The second-order valence-electron chi connectivity index (χ2n) is 13.0. The highest BCUT2D eigenvalue weighted by atomic mass is 16.5. The molecule has 0 saturated heterocycles. The summed E-state index contributed by atoms with van der Waals surface area (Å²) in [5, 5.41) is 8.52. The number of nitrogens with zero attached hydrogens (tertiary/aromatic N) is 2. The van der Waals surface area contributed by atoms with Gasteiger partial charge in [-0.25, -0.2) is 0 Å². The first-order valence-electron chi connectivity index (χ1n) is 17.4.